The van der Waals surface area contributed by atoms with E-state index in [2.05, 4.69) is 9.83 Å². The molecule has 1 amide bonds. The summed E-state index contributed by atoms with van der Waals surface area (Å²) in [6, 6.07) is 9.01. The molecule has 9 heteroatoms. The molecule has 0 saturated carbocycles. The third-order valence-electron chi connectivity index (χ3n) is 6.27. The number of Topliss-reactive ketones (excluding diaryl/α,β-unsaturated/α-hetero) is 1. The average molecular weight is 462 g/mol. The lowest BCUT2D eigenvalue weighted by atomic mass is 10.0. The van der Waals surface area contributed by atoms with E-state index in [-0.39, 0.29) is 25.3 Å². The van der Waals surface area contributed by atoms with Crippen molar-refractivity contribution < 1.29 is 19.8 Å². The number of rotatable bonds is 7. The molecule has 4 N–H and O–H groups in total. The molecule has 0 spiro atoms. The minimum atomic E-state index is -0.879. The molecule has 34 heavy (non-hydrogen) atoms. The first-order chi connectivity index (χ1) is 16.3. The van der Waals surface area contributed by atoms with E-state index in [1.165, 1.54) is 0 Å². The number of primary amides is 1. The highest BCUT2D eigenvalue weighted by Gasteiger charge is 2.29. The largest absolute Gasteiger partial charge is 0.390 e. The van der Waals surface area contributed by atoms with Crippen molar-refractivity contribution in [3.8, 4) is 5.69 Å². The molecule has 1 aliphatic rings. The quantitative estimate of drug-likeness (QED) is 0.365. The fourth-order valence-corrected chi connectivity index (χ4v) is 4.48. The molecule has 1 aliphatic heterocycles. The molecule has 0 radical (unpaired) electrons. The first-order valence-corrected chi connectivity index (χ1v) is 11.2. The molecule has 3 heterocycles. The van der Waals surface area contributed by atoms with Gasteiger partial charge in [-0.15, -0.1) is 0 Å². The van der Waals surface area contributed by atoms with Crippen LogP contribution in [0.5, 0.6) is 0 Å². The lowest BCUT2D eigenvalue weighted by molar-refractivity contribution is -0.117. The highest BCUT2D eigenvalue weighted by molar-refractivity contribution is 6.09. The number of aryl methyl sites for hydroxylation is 1. The van der Waals surface area contributed by atoms with Gasteiger partial charge in [-0.2, -0.15) is 0 Å². The molecule has 1 saturated heterocycles. The highest BCUT2D eigenvalue weighted by Crippen LogP contribution is 2.30. The van der Waals surface area contributed by atoms with Crippen LogP contribution < -0.4 is 5.73 Å². The van der Waals surface area contributed by atoms with E-state index in [9.17, 15) is 19.8 Å². The second-order valence-electron chi connectivity index (χ2n) is 8.68. The number of carbonyl (C=O) groups is 2. The van der Waals surface area contributed by atoms with Crippen molar-refractivity contribution in [2.45, 2.75) is 38.4 Å². The fraction of sp³-hybridized carbons (Fsp3) is 0.360. The van der Waals surface area contributed by atoms with E-state index in [1.54, 1.807) is 18.3 Å². The predicted octanol–water partition coefficient (Wildman–Crippen LogP) is 1.91. The molecule has 9 nitrogen and oxygen atoms in total. The Morgan fingerprint density at radius 3 is 2.62 bits per heavy atom. The Balaban J connectivity index is 1.76. The Morgan fingerprint density at radius 1 is 1.24 bits per heavy atom. The van der Waals surface area contributed by atoms with Crippen LogP contribution in [0.15, 0.2) is 36.5 Å². The summed E-state index contributed by atoms with van der Waals surface area (Å²) in [5, 5.41) is 19.8. The number of amides is 1. The van der Waals surface area contributed by atoms with Crippen LogP contribution in [0.4, 0.5) is 5.69 Å². The van der Waals surface area contributed by atoms with Gasteiger partial charge in [0.25, 0.3) is 0 Å². The Labute approximate surface area is 197 Å². The monoisotopic (exact) mass is 461 g/mol. The van der Waals surface area contributed by atoms with Crippen LogP contribution in [-0.4, -0.2) is 68.2 Å². The number of piperidine rings is 1. The number of aliphatic hydroxyl groups is 2. The molecule has 2 unspecified atom stereocenters. The standard InChI is InChI=1S/C25H27N5O4/c1-15-24(22(33)14-29-10-9-20(31)21(32)13-29)25-19(11-16(12-28-25)3-8-23(26)34)30(15)18-6-4-17(27-2)5-7-18/h4-7,11-12,20-21,31-32H,3,8-10,13-14H2,1H3,(H2,26,34). The summed E-state index contributed by atoms with van der Waals surface area (Å²) in [7, 11) is 0. The number of aliphatic hydroxyl groups excluding tert-OH is 2. The molecule has 0 aliphatic carbocycles. The number of nitrogens with zero attached hydrogens (tertiary/aromatic N) is 4. The van der Waals surface area contributed by atoms with Gasteiger partial charge in [0.1, 0.15) is 0 Å². The van der Waals surface area contributed by atoms with E-state index in [4.69, 9.17) is 12.3 Å². The normalized spacial score (nSPS) is 18.6. The van der Waals surface area contributed by atoms with Gasteiger partial charge in [-0.25, -0.2) is 4.85 Å². The number of β-amino-alcohol motifs (C(OH)–C–C–N with tert-alkyl or cyclic N) is 1. The average Bonchev–Trinajstić information content (AvgIpc) is 3.11. The van der Waals surface area contributed by atoms with E-state index in [0.717, 1.165) is 16.8 Å². The molecular formula is C25H27N5O4. The van der Waals surface area contributed by atoms with E-state index < -0.39 is 18.1 Å². The number of fused-ring (bicyclic) bond motifs is 1. The zero-order valence-corrected chi connectivity index (χ0v) is 18.9. The number of nitrogens with two attached hydrogens (primary N) is 1. The molecule has 1 fully saturated rings. The first-order valence-electron chi connectivity index (χ1n) is 11.2. The second kappa shape index (κ2) is 9.73. The highest BCUT2D eigenvalue weighted by atomic mass is 16.3. The van der Waals surface area contributed by atoms with Gasteiger partial charge in [0.2, 0.25) is 5.91 Å². The maximum absolute atomic E-state index is 13.4. The van der Waals surface area contributed by atoms with Crippen LogP contribution in [0.2, 0.25) is 0 Å². The van der Waals surface area contributed by atoms with Crippen molar-refractivity contribution in [3.05, 3.63) is 64.8 Å². The molecule has 2 atom stereocenters. The minimum absolute atomic E-state index is 0.103. The van der Waals surface area contributed by atoms with Crippen molar-refractivity contribution in [2.24, 2.45) is 5.73 Å². The van der Waals surface area contributed by atoms with Crippen LogP contribution >= 0.6 is 0 Å². The zero-order chi connectivity index (χ0) is 24.4. The van der Waals surface area contributed by atoms with Crippen LogP contribution in [0.1, 0.15) is 34.5 Å². The van der Waals surface area contributed by atoms with Gasteiger partial charge in [-0.3, -0.25) is 19.5 Å². The minimum Gasteiger partial charge on any atom is -0.390 e. The number of hydrogen-bond donors (Lipinski definition) is 3. The topological polar surface area (TPSA) is 126 Å². The molecule has 4 rings (SSSR count). The number of benzene rings is 1. The third-order valence-corrected chi connectivity index (χ3v) is 6.27. The summed E-state index contributed by atoms with van der Waals surface area (Å²) in [6.07, 6.45) is 1.06. The predicted molar refractivity (Wildman–Crippen MR) is 127 cm³/mol. The third kappa shape index (κ3) is 4.70. The van der Waals surface area contributed by atoms with Gasteiger partial charge >= 0.3 is 0 Å². The van der Waals surface area contributed by atoms with Crippen molar-refractivity contribution in [2.75, 3.05) is 19.6 Å². The van der Waals surface area contributed by atoms with Gasteiger partial charge in [0.15, 0.2) is 11.5 Å². The van der Waals surface area contributed by atoms with Gasteiger partial charge < -0.3 is 20.5 Å². The van der Waals surface area contributed by atoms with Crippen LogP contribution in [-0.2, 0) is 11.2 Å². The van der Waals surface area contributed by atoms with Crippen molar-refractivity contribution in [1.29, 1.82) is 0 Å². The van der Waals surface area contributed by atoms with Gasteiger partial charge in [-0.05, 0) is 43.5 Å². The van der Waals surface area contributed by atoms with Gasteiger partial charge in [-0.1, -0.05) is 12.1 Å². The second-order valence-corrected chi connectivity index (χ2v) is 8.68. The van der Waals surface area contributed by atoms with Crippen LogP contribution in [0, 0.1) is 13.5 Å². The van der Waals surface area contributed by atoms with E-state index in [0.29, 0.717) is 41.8 Å². The Bertz CT molecular complexity index is 1280. The molecule has 3 aromatic rings. The summed E-state index contributed by atoms with van der Waals surface area (Å²) in [6.45, 7) is 9.91. The van der Waals surface area contributed by atoms with Gasteiger partial charge in [0, 0.05) is 37.1 Å². The summed E-state index contributed by atoms with van der Waals surface area (Å²) < 4.78 is 1.94. The summed E-state index contributed by atoms with van der Waals surface area (Å²) in [4.78, 5) is 34.6. The number of likely N-dealkylation sites (tertiary alicyclic amines) is 1. The van der Waals surface area contributed by atoms with Gasteiger partial charge in [0.05, 0.1) is 41.9 Å². The lowest BCUT2D eigenvalue weighted by Gasteiger charge is -2.32. The number of hydrogen-bond acceptors (Lipinski definition) is 6. The Hall–Kier alpha value is -3.58. The lowest BCUT2D eigenvalue weighted by Crippen LogP contribution is -2.48. The summed E-state index contributed by atoms with van der Waals surface area (Å²) in [5.41, 5.74) is 9.93. The maximum atomic E-state index is 13.4. The SMILES string of the molecule is [C-]#[N+]c1ccc(-n2c(C)c(C(=O)CN3CCC(O)C(O)C3)c3ncc(CCC(N)=O)cc32)cc1. The Morgan fingerprint density at radius 2 is 1.97 bits per heavy atom. The number of aromatic nitrogens is 2. The van der Waals surface area contributed by atoms with Crippen molar-refractivity contribution >= 4 is 28.4 Å². The summed E-state index contributed by atoms with van der Waals surface area (Å²) in [5.74, 6) is -0.522. The van der Waals surface area contributed by atoms with Crippen LogP contribution in [0.25, 0.3) is 21.6 Å². The first kappa shape index (κ1) is 23.6. The zero-order valence-electron chi connectivity index (χ0n) is 18.9. The van der Waals surface area contributed by atoms with E-state index in [1.807, 2.05) is 34.6 Å². The molecule has 2 aromatic heterocycles. The number of pyridine rings is 1. The maximum Gasteiger partial charge on any atom is 0.217 e. The number of carbonyl (C=O) groups excluding carboxylic acids is 2. The van der Waals surface area contributed by atoms with E-state index >= 15 is 0 Å². The van der Waals surface area contributed by atoms with Crippen molar-refractivity contribution in [1.82, 2.24) is 14.5 Å². The molecular weight excluding hydrogens is 434 g/mol. The molecule has 0 bridgehead atoms. The Kier molecular flexibility index (Phi) is 6.75. The fourth-order valence-electron chi connectivity index (χ4n) is 4.48. The smallest absolute Gasteiger partial charge is 0.217 e. The number of ketones is 1. The molecule has 1 aromatic carbocycles. The molecule has 176 valence electrons. The summed E-state index contributed by atoms with van der Waals surface area (Å²) >= 11 is 0. The van der Waals surface area contributed by atoms with Crippen molar-refractivity contribution in [3.63, 3.8) is 0 Å². The van der Waals surface area contributed by atoms with Crippen LogP contribution in [0.3, 0.4) is 0 Å².